The Bertz CT molecular complexity index is 921. The maximum Gasteiger partial charge on any atom is 0.282 e. The van der Waals surface area contributed by atoms with E-state index in [1.807, 2.05) is 6.07 Å². The van der Waals surface area contributed by atoms with Gasteiger partial charge in [-0.25, -0.2) is 17.9 Å². The molecule has 35 heavy (non-hydrogen) atoms. The van der Waals surface area contributed by atoms with Gasteiger partial charge in [0.25, 0.3) is 6.43 Å². The van der Waals surface area contributed by atoms with Crippen LogP contribution >= 0.6 is 0 Å². The molecule has 1 aromatic heterocycles. The second kappa shape index (κ2) is 13.4. The average molecular weight is 496 g/mol. The normalized spacial score (nSPS) is 14.1. The molecule has 0 amide bonds. The predicted octanol–water partition coefficient (Wildman–Crippen LogP) is 8.09. The van der Waals surface area contributed by atoms with Crippen LogP contribution in [0.2, 0.25) is 0 Å². The van der Waals surface area contributed by atoms with Gasteiger partial charge in [-0.2, -0.15) is 9.49 Å². The minimum Gasteiger partial charge on any atom is -0.296 e. The van der Waals surface area contributed by atoms with Crippen molar-refractivity contribution in [2.45, 2.75) is 109 Å². The molecule has 3 rings (SSSR count). The van der Waals surface area contributed by atoms with Crippen LogP contribution in [0.1, 0.15) is 113 Å². The maximum atomic E-state index is 14.0. The second-order valence-electron chi connectivity index (χ2n) is 10.4. The summed E-state index contributed by atoms with van der Waals surface area (Å²) in [4.78, 5) is 2.53. The predicted molar refractivity (Wildman–Crippen MR) is 133 cm³/mol. The fraction of sp³-hybridized carbons (Fsp3) is 0.679. The molecule has 0 bridgehead atoms. The molecule has 1 aromatic carbocycles. The third-order valence-electron chi connectivity index (χ3n) is 7.09. The van der Waals surface area contributed by atoms with Crippen molar-refractivity contribution in [2.75, 3.05) is 6.54 Å². The van der Waals surface area contributed by atoms with Crippen LogP contribution in [0.3, 0.4) is 0 Å². The molecule has 3 nitrogen and oxygen atoms in total. The van der Waals surface area contributed by atoms with Gasteiger partial charge in [-0.05, 0) is 67.8 Å². The molecule has 1 aliphatic rings. The van der Waals surface area contributed by atoms with E-state index in [1.54, 1.807) is 12.1 Å². The Balaban J connectivity index is 1.29. The van der Waals surface area contributed by atoms with Crippen LogP contribution in [0.4, 0.5) is 17.6 Å². The fourth-order valence-corrected chi connectivity index (χ4v) is 4.97. The molecule has 0 aliphatic heterocycles. The van der Waals surface area contributed by atoms with Crippen LogP contribution in [0.15, 0.2) is 18.2 Å². The number of halogens is 4. The van der Waals surface area contributed by atoms with Gasteiger partial charge in [-0.15, -0.1) is 0 Å². The van der Waals surface area contributed by atoms with Crippen LogP contribution in [-0.2, 0) is 20.0 Å². The van der Waals surface area contributed by atoms with E-state index in [2.05, 4.69) is 23.8 Å². The summed E-state index contributed by atoms with van der Waals surface area (Å²) >= 11 is 0. The van der Waals surface area contributed by atoms with Crippen LogP contribution in [-0.4, -0.2) is 27.3 Å². The Morgan fingerprint density at radius 3 is 2.20 bits per heavy atom. The van der Waals surface area contributed by atoms with Crippen molar-refractivity contribution in [3.63, 3.8) is 0 Å². The summed E-state index contributed by atoms with van der Waals surface area (Å²) in [7, 11) is 1.36. The van der Waals surface area contributed by atoms with E-state index in [9.17, 15) is 17.6 Å². The summed E-state index contributed by atoms with van der Waals surface area (Å²) in [5, 5.41) is 3.60. The molecule has 1 saturated carbocycles. The van der Waals surface area contributed by atoms with Crippen molar-refractivity contribution in [1.82, 2.24) is 14.7 Å². The zero-order chi connectivity index (χ0) is 25.4. The highest BCUT2D eigenvalue weighted by atomic mass is 19.3. The molecule has 2 aromatic rings. The topological polar surface area (TPSA) is 21.1 Å². The van der Waals surface area contributed by atoms with E-state index in [0.717, 1.165) is 55.4 Å². The molecule has 0 radical (unpaired) electrons. The number of benzene rings is 1. The highest BCUT2D eigenvalue weighted by Gasteiger charge is 2.29. The van der Waals surface area contributed by atoms with Crippen molar-refractivity contribution >= 4 is 0 Å². The van der Waals surface area contributed by atoms with E-state index >= 15 is 0 Å². The third kappa shape index (κ3) is 8.33. The first-order valence-corrected chi connectivity index (χ1v) is 13.3. The Hall–Kier alpha value is -1.89. The zero-order valence-electron chi connectivity index (χ0n) is 21.5. The minimum absolute atomic E-state index is 0.0708. The zero-order valence-corrected chi connectivity index (χ0v) is 21.5. The summed E-state index contributed by atoms with van der Waals surface area (Å²) in [6.07, 6.45) is 8.53. The van der Waals surface area contributed by atoms with Crippen LogP contribution in [0, 0.1) is 11.8 Å². The van der Waals surface area contributed by atoms with E-state index in [4.69, 9.17) is 0 Å². The largest absolute Gasteiger partial charge is 0.296 e. The number of rotatable bonds is 16. The van der Waals surface area contributed by atoms with Crippen LogP contribution in [0.25, 0.3) is 0 Å². The fourth-order valence-electron chi connectivity index (χ4n) is 4.97. The highest BCUT2D eigenvalue weighted by Crippen LogP contribution is 2.31. The van der Waals surface area contributed by atoms with Gasteiger partial charge in [0.2, 0.25) is 5.95 Å². The molecular weight excluding hydrogens is 454 g/mol. The van der Waals surface area contributed by atoms with Crippen molar-refractivity contribution in [2.24, 2.45) is 7.05 Å². The summed E-state index contributed by atoms with van der Waals surface area (Å²) < 4.78 is 54.8. The van der Waals surface area contributed by atoms with E-state index in [1.165, 1.54) is 38.3 Å². The first kappa shape index (κ1) is 27.7. The van der Waals surface area contributed by atoms with Gasteiger partial charge < -0.3 is 0 Å². The lowest BCUT2D eigenvalue weighted by Crippen LogP contribution is -2.27. The van der Waals surface area contributed by atoms with Crippen LogP contribution in [0.5, 0.6) is 0 Å². The van der Waals surface area contributed by atoms with Gasteiger partial charge >= 0.3 is 0 Å². The Morgan fingerprint density at radius 1 is 0.971 bits per heavy atom. The molecule has 0 unspecified atom stereocenters. The number of nitrogens with zero attached hydrogens (tertiary/aromatic N) is 3. The molecule has 0 N–H and O–H groups in total. The van der Waals surface area contributed by atoms with Gasteiger partial charge in [0.05, 0.1) is 0 Å². The van der Waals surface area contributed by atoms with Crippen molar-refractivity contribution < 1.29 is 17.6 Å². The molecule has 0 spiro atoms. The molecule has 1 aliphatic carbocycles. The van der Waals surface area contributed by atoms with Crippen molar-refractivity contribution in [1.29, 1.82) is 0 Å². The van der Waals surface area contributed by atoms with E-state index < -0.39 is 18.1 Å². The maximum absolute atomic E-state index is 14.0. The lowest BCUT2D eigenvalue weighted by Gasteiger charge is -2.24. The van der Waals surface area contributed by atoms with Crippen LogP contribution < -0.4 is 0 Å². The van der Waals surface area contributed by atoms with E-state index in [0.29, 0.717) is 24.8 Å². The standard InChI is InChI=1S/C28H41F4N3/c1-20(2)24-16-13-22(29)18-21(24)19-35(23-14-15-23)17-11-9-7-5-4-6-8-10-12-25-26(27(30)31)33-34(3)28(25)32/h13,16,18,20,23,27H,4-12,14-15,17,19H2,1-3H3. The lowest BCUT2D eigenvalue weighted by atomic mass is 9.96. The molecule has 0 saturated heterocycles. The molecule has 1 heterocycles. The molecule has 7 heteroatoms. The van der Waals surface area contributed by atoms with Gasteiger partial charge in [-0.3, -0.25) is 4.90 Å². The number of aryl methyl sites for hydroxylation is 1. The molecule has 0 atom stereocenters. The van der Waals surface area contributed by atoms with E-state index in [-0.39, 0.29) is 11.4 Å². The summed E-state index contributed by atoms with van der Waals surface area (Å²) in [5.41, 5.74) is 2.03. The Morgan fingerprint density at radius 2 is 1.60 bits per heavy atom. The number of aromatic nitrogens is 2. The minimum atomic E-state index is -2.73. The summed E-state index contributed by atoms with van der Waals surface area (Å²) in [6.45, 7) is 6.22. The number of unbranched alkanes of at least 4 members (excludes halogenated alkanes) is 7. The number of hydrogen-bond acceptors (Lipinski definition) is 2. The first-order chi connectivity index (χ1) is 16.8. The number of hydrogen-bond donors (Lipinski definition) is 0. The average Bonchev–Trinajstić information content (AvgIpc) is 3.61. The first-order valence-electron chi connectivity index (χ1n) is 13.3. The van der Waals surface area contributed by atoms with Gasteiger partial charge in [0, 0.05) is 25.2 Å². The third-order valence-corrected chi connectivity index (χ3v) is 7.09. The molecule has 196 valence electrons. The Kier molecular flexibility index (Phi) is 10.6. The quantitative estimate of drug-likeness (QED) is 0.173. The lowest BCUT2D eigenvalue weighted by molar-refractivity contribution is 0.144. The SMILES string of the molecule is CC(C)c1ccc(F)cc1CN(CCCCCCCCCCc1c(C(F)F)nn(C)c1F)C1CC1. The van der Waals surface area contributed by atoms with Gasteiger partial charge in [-0.1, -0.05) is 58.4 Å². The highest BCUT2D eigenvalue weighted by molar-refractivity contribution is 5.30. The second-order valence-corrected chi connectivity index (χ2v) is 10.4. The smallest absolute Gasteiger partial charge is 0.282 e. The van der Waals surface area contributed by atoms with Crippen molar-refractivity contribution in [3.05, 3.63) is 52.3 Å². The monoisotopic (exact) mass is 495 g/mol. The Labute approximate surface area is 207 Å². The number of alkyl halides is 2. The summed E-state index contributed by atoms with van der Waals surface area (Å²) in [6, 6.07) is 5.86. The molecule has 1 fully saturated rings. The molecular formula is C28H41F4N3. The van der Waals surface area contributed by atoms with Gasteiger partial charge in [0.15, 0.2) is 0 Å². The van der Waals surface area contributed by atoms with Gasteiger partial charge in [0.1, 0.15) is 11.5 Å². The summed E-state index contributed by atoms with van der Waals surface area (Å²) in [5.74, 6) is -0.403. The van der Waals surface area contributed by atoms with Crippen molar-refractivity contribution in [3.8, 4) is 0 Å².